The molecule has 0 bridgehead atoms. The molecule has 1 unspecified atom stereocenters. The van der Waals surface area contributed by atoms with Gasteiger partial charge in [-0.05, 0) is 5.56 Å². The second-order valence-electron chi connectivity index (χ2n) is 4.59. The highest BCUT2D eigenvalue weighted by Gasteiger charge is 2.27. The number of carboxylic acids is 1. The van der Waals surface area contributed by atoms with E-state index in [1.54, 1.807) is 44.2 Å². The molecule has 0 heterocycles. The first-order valence-electron chi connectivity index (χ1n) is 6.86. The second-order valence-corrected chi connectivity index (χ2v) is 6.56. The summed E-state index contributed by atoms with van der Waals surface area (Å²) in [5, 5.41) is 11.4. The van der Waals surface area contributed by atoms with Gasteiger partial charge in [0.25, 0.3) is 0 Å². The summed E-state index contributed by atoms with van der Waals surface area (Å²) in [5.74, 6) is -2.87. The molecule has 1 amide bonds. The number of carbonyl (C=O) groups excluding carboxylic acids is 1. The number of sulfonamides is 1. The van der Waals surface area contributed by atoms with Crippen LogP contribution in [0.3, 0.4) is 0 Å². The molecule has 0 spiro atoms. The van der Waals surface area contributed by atoms with Crippen LogP contribution >= 0.6 is 0 Å². The van der Waals surface area contributed by atoms with Crippen LogP contribution in [0.2, 0.25) is 0 Å². The number of hydrogen-bond donors (Lipinski definition) is 2. The molecular weight excluding hydrogens is 308 g/mol. The monoisotopic (exact) mass is 328 g/mol. The zero-order chi connectivity index (χ0) is 16.8. The first-order valence-corrected chi connectivity index (χ1v) is 8.47. The summed E-state index contributed by atoms with van der Waals surface area (Å²) in [6.45, 7) is 3.85. The maximum atomic E-state index is 12.0. The largest absolute Gasteiger partial charge is 0.479 e. The third-order valence-electron chi connectivity index (χ3n) is 3.10. The first-order chi connectivity index (χ1) is 10.3. The van der Waals surface area contributed by atoms with Crippen LogP contribution in [0.5, 0.6) is 0 Å². The Kier molecular flexibility index (Phi) is 6.51. The Bertz CT molecular complexity index is 611. The molecule has 0 aliphatic rings. The number of hydrogen-bond acceptors (Lipinski definition) is 4. The Balaban J connectivity index is 2.84. The van der Waals surface area contributed by atoms with Crippen molar-refractivity contribution in [3.05, 3.63) is 35.9 Å². The molecule has 22 heavy (non-hydrogen) atoms. The lowest BCUT2D eigenvalue weighted by atomic mass is 10.1. The molecule has 1 aromatic carbocycles. The molecule has 1 aromatic rings. The molecule has 0 aliphatic carbocycles. The molecule has 7 nitrogen and oxygen atoms in total. The van der Waals surface area contributed by atoms with Crippen molar-refractivity contribution >= 4 is 21.9 Å². The number of amides is 1. The second kappa shape index (κ2) is 7.90. The van der Waals surface area contributed by atoms with Crippen LogP contribution in [0.1, 0.15) is 25.5 Å². The zero-order valence-electron chi connectivity index (χ0n) is 12.5. The summed E-state index contributed by atoms with van der Waals surface area (Å²) in [4.78, 5) is 23.2. The van der Waals surface area contributed by atoms with Gasteiger partial charge in [0.1, 0.15) is 5.75 Å². The number of carbonyl (C=O) groups is 2. The van der Waals surface area contributed by atoms with E-state index in [1.807, 2.05) is 0 Å². The van der Waals surface area contributed by atoms with Gasteiger partial charge < -0.3 is 10.4 Å². The molecule has 1 rings (SSSR count). The predicted molar refractivity (Wildman–Crippen MR) is 81.7 cm³/mol. The highest BCUT2D eigenvalue weighted by atomic mass is 32.2. The average Bonchev–Trinajstić information content (AvgIpc) is 2.45. The lowest BCUT2D eigenvalue weighted by Gasteiger charge is -2.19. The van der Waals surface area contributed by atoms with Gasteiger partial charge in [0.05, 0.1) is 0 Å². The lowest BCUT2D eigenvalue weighted by molar-refractivity contribution is -0.141. The van der Waals surface area contributed by atoms with Crippen molar-refractivity contribution in [3.63, 3.8) is 0 Å². The Morgan fingerprint density at radius 3 is 2.18 bits per heavy atom. The highest BCUT2D eigenvalue weighted by molar-refractivity contribution is 7.89. The van der Waals surface area contributed by atoms with Crippen LogP contribution in [-0.2, 0) is 19.6 Å². The summed E-state index contributed by atoms with van der Waals surface area (Å²) < 4.78 is 25.2. The number of carboxylic acid groups (broad SMARTS) is 1. The van der Waals surface area contributed by atoms with Gasteiger partial charge in [-0.15, -0.1) is 0 Å². The molecule has 0 aromatic heterocycles. The molecule has 0 saturated heterocycles. The Morgan fingerprint density at radius 1 is 1.18 bits per heavy atom. The van der Waals surface area contributed by atoms with Crippen molar-refractivity contribution in [2.75, 3.05) is 18.8 Å². The molecule has 122 valence electrons. The molecule has 0 radical (unpaired) electrons. The van der Waals surface area contributed by atoms with Gasteiger partial charge >= 0.3 is 5.97 Å². The number of rotatable bonds is 8. The third kappa shape index (κ3) is 4.81. The minimum Gasteiger partial charge on any atom is -0.479 e. The van der Waals surface area contributed by atoms with E-state index in [2.05, 4.69) is 5.32 Å². The topological polar surface area (TPSA) is 104 Å². The van der Waals surface area contributed by atoms with Crippen LogP contribution in [0.15, 0.2) is 30.3 Å². The van der Waals surface area contributed by atoms with Crippen LogP contribution in [0.4, 0.5) is 0 Å². The molecule has 0 fully saturated rings. The maximum absolute atomic E-state index is 12.0. The summed E-state index contributed by atoms with van der Waals surface area (Å²) in [6, 6.07) is 6.83. The van der Waals surface area contributed by atoms with Crippen molar-refractivity contribution in [2.24, 2.45) is 0 Å². The van der Waals surface area contributed by atoms with Gasteiger partial charge in [-0.3, -0.25) is 4.79 Å². The summed E-state index contributed by atoms with van der Waals surface area (Å²) in [6.07, 6.45) is 0. The van der Waals surface area contributed by atoms with Gasteiger partial charge in [0, 0.05) is 13.1 Å². The van der Waals surface area contributed by atoms with E-state index < -0.39 is 33.7 Å². The SMILES string of the molecule is CCN(CC)S(=O)(=O)CC(=O)NC(C(=O)O)c1ccccc1. The minimum atomic E-state index is -3.75. The van der Waals surface area contributed by atoms with Crippen LogP contribution < -0.4 is 5.32 Å². The third-order valence-corrected chi connectivity index (χ3v) is 5.03. The van der Waals surface area contributed by atoms with Gasteiger partial charge in [-0.1, -0.05) is 44.2 Å². The Labute approximate surface area is 130 Å². The molecule has 2 N–H and O–H groups in total. The van der Waals surface area contributed by atoms with E-state index in [-0.39, 0.29) is 13.1 Å². The van der Waals surface area contributed by atoms with Gasteiger partial charge in [-0.2, -0.15) is 0 Å². The van der Waals surface area contributed by atoms with Crippen LogP contribution in [-0.4, -0.2) is 48.5 Å². The quantitative estimate of drug-likeness (QED) is 0.727. The van der Waals surface area contributed by atoms with Crippen LogP contribution in [0.25, 0.3) is 0 Å². The lowest BCUT2D eigenvalue weighted by Crippen LogP contribution is -2.42. The fourth-order valence-corrected chi connectivity index (χ4v) is 3.39. The van der Waals surface area contributed by atoms with E-state index in [1.165, 1.54) is 0 Å². The maximum Gasteiger partial charge on any atom is 0.330 e. The van der Waals surface area contributed by atoms with Crippen molar-refractivity contribution in [3.8, 4) is 0 Å². The minimum absolute atomic E-state index is 0.257. The summed E-state index contributed by atoms with van der Waals surface area (Å²) in [7, 11) is -3.75. The Hall–Kier alpha value is -1.93. The van der Waals surface area contributed by atoms with E-state index in [4.69, 9.17) is 0 Å². The number of nitrogens with zero attached hydrogens (tertiary/aromatic N) is 1. The number of aliphatic carboxylic acids is 1. The van der Waals surface area contributed by atoms with Crippen molar-refractivity contribution in [2.45, 2.75) is 19.9 Å². The normalized spacial score (nSPS) is 12.9. The fourth-order valence-electron chi connectivity index (χ4n) is 2.01. The van der Waals surface area contributed by atoms with Crippen molar-refractivity contribution in [1.29, 1.82) is 0 Å². The first kappa shape index (κ1) is 18.1. The van der Waals surface area contributed by atoms with E-state index >= 15 is 0 Å². The van der Waals surface area contributed by atoms with Crippen LogP contribution in [0, 0.1) is 0 Å². The number of benzene rings is 1. The highest BCUT2D eigenvalue weighted by Crippen LogP contribution is 2.13. The zero-order valence-corrected chi connectivity index (χ0v) is 13.3. The van der Waals surface area contributed by atoms with Crippen molar-refractivity contribution in [1.82, 2.24) is 9.62 Å². The standard InChI is InChI=1S/C14H20N2O5S/c1-3-16(4-2)22(20,21)10-12(17)15-13(14(18)19)11-8-6-5-7-9-11/h5-9,13H,3-4,10H2,1-2H3,(H,15,17)(H,18,19). The Morgan fingerprint density at radius 2 is 1.73 bits per heavy atom. The van der Waals surface area contributed by atoms with E-state index in [0.29, 0.717) is 5.56 Å². The molecule has 8 heteroatoms. The molecule has 0 saturated carbocycles. The molecule has 1 atom stereocenters. The van der Waals surface area contributed by atoms with Crippen molar-refractivity contribution < 1.29 is 23.1 Å². The van der Waals surface area contributed by atoms with E-state index in [9.17, 15) is 23.1 Å². The average molecular weight is 328 g/mol. The predicted octanol–water partition coefficient (Wildman–Crippen LogP) is 0.600. The van der Waals surface area contributed by atoms with E-state index in [0.717, 1.165) is 4.31 Å². The van der Waals surface area contributed by atoms with Gasteiger partial charge in [0.15, 0.2) is 6.04 Å². The molecule has 0 aliphatic heterocycles. The fraction of sp³-hybridized carbons (Fsp3) is 0.429. The van der Waals surface area contributed by atoms with Gasteiger partial charge in [-0.25, -0.2) is 17.5 Å². The summed E-state index contributed by atoms with van der Waals surface area (Å²) >= 11 is 0. The summed E-state index contributed by atoms with van der Waals surface area (Å²) in [5.41, 5.74) is 0.378. The molecular formula is C14H20N2O5S. The van der Waals surface area contributed by atoms with Gasteiger partial charge in [0.2, 0.25) is 15.9 Å². The number of nitrogens with one attached hydrogen (secondary N) is 1. The smallest absolute Gasteiger partial charge is 0.330 e.